The van der Waals surface area contributed by atoms with Crippen molar-refractivity contribution in [2.24, 2.45) is 11.8 Å². The van der Waals surface area contributed by atoms with Crippen molar-refractivity contribution in [2.75, 3.05) is 6.61 Å². The molecular weight excluding hydrogens is 438 g/mol. The van der Waals surface area contributed by atoms with Gasteiger partial charge in [0.1, 0.15) is 5.69 Å². The summed E-state index contributed by atoms with van der Waals surface area (Å²) < 4.78 is 7.12. The van der Waals surface area contributed by atoms with Crippen molar-refractivity contribution in [1.82, 2.24) is 14.5 Å². The first-order chi connectivity index (χ1) is 17.1. The van der Waals surface area contributed by atoms with Crippen molar-refractivity contribution in [3.05, 3.63) is 40.3 Å². The van der Waals surface area contributed by atoms with Gasteiger partial charge in [-0.05, 0) is 75.8 Å². The zero-order valence-electron chi connectivity index (χ0n) is 21.0. The largest absolute Gasteiger partial charge is 0.466 e. The van der Waals surface area contributed by atoms with E-state index in [1.165, 1.54) is 57.8 Å². The minimum atomic E-state index is -0.382. The fourth-order valence-electron chi connectivity index (χ4n) is 8.13. The van der Waals surface area contributed by atoms with E-state index in [0.29, 0.717) is 24.4 Å². The third-order valence-electron chi connectivity index (χ3n) is 9.38. The van der Waals surface area contributed by atoms with Crippen LogP contribution in [0.25, 0.3) is 11.0 Å². The van der Waals surface area contributed by atoms with E-state index in [1.54, 1.807) is 6.92 Å². The van der Waals surface area contributed by atoms with Gasteiger partial charge in [0.2, 0.25) is 0 Å². The van der Waals surface area contributed by atoms with Crippen LogP contribution in [0.15, 0.2) is 29.1 Å². The van der Waals surface area contributed by atoms with Gasteiger partial charge in [-0.2, -0.15) is 0 Å². The van der Waals surface area contributed by atoms with Crippen LogP contribution in [0.1, 0.15) is 89.3 Å². The van der Waals surface area contributed by atoms with Crippen molar-refractivity contribution < 1.29 is 9.53 Å². The van der Waals surface area contributed by atoms with Gasteiger partial charge in [-0.15, -0.1) is 0 Å². The lowest BCUT2D eigenvalue weighted by Crippen LogP contribution is -2.52. The third kappa shape index (κ3) is 4.43. The molecule has 4 fully saturated rings. The Labute approximate surface area is 208 Å². The van der Waals surface area contributed by atoms with Crippen LogP contribution in [0.3, 0.4) is 0 Å². The van der Waals surface area contributed by atoms with Crippen LogP contribution in [0, 0.1) is 11.8 Å². The lowest BCUT2D eigenvalue weighted by atomic mass is 9.76. The molecule has 0 spiro atoms. The number of piperidine rings is 1. The Morgan fingerprint density at radius 1 is 0.914 bits per heavy atom. The van der Waals surface area contributed by atoms with Crippen LogP contribution in [-0.4, -0.2) is 45.2 Å². The van der Waals surface area contributed by atoms with E-state index in [4.69, 9.17) is 4.74 Å². The summed E-state index contributed by atoms with van der Waals surface area (Å²) in [5.74, 6) is 1.47. The number of nitrogens with zero attached hydrogens (tertiary/aromatic N) is 3. The normalized spacial score (nSPS) is 32.9. The molecule has 2 aliphatic heterocycles. The molecule has 2 aliphatic carbocycles. The van der Waals surface area contributed by atoms with Gasteiger partial charge in [-0.1, -0.05) is 37.8 Å². The molecule has 35 heavy (non-hydrogen) atoms. The Hall–Kier alpha value is -2.21. The fourth-order valence-corrected chi connectivity index (χ4v) is 8.13. The van der Waals surface area contributed by atoms with Crippen LogP contribution >= 0.6 is 0 Å². The van der Waals surface area contributed by atoms with Gasteiger partial charge in [-0.25, -0.2) is 4.98 Å². The van der Waals surface area contributed by atoms with Crippen LogP contribution in [0.5, 0.6) is 0 Å². The van der Waals surface area contributed by atoms with Gasteiger partial charge < -0.3 is 9.30 Å². The number of hydrogen-bond acceptors (Lipinski definition) is 5. The Balaban J connectivity index is 1.29. The molecular formula is C29H39N3O3. The van der Waals surface area contributed by atoms with E-state index in [-0.39, 0.29) is 24.0 Å². The first-order valence-electron chi connectivity index (χ1n) is 14.0. The maximum absolute atomic E-state index is 13.7. The summed E-state index contributed by atoms with van der Waals surface area (Å²) in [6.07, 6.45) is 14.4. The van der Waals surface area contributed by atoms with Crippen molar-refractivity contribution in [2.45, 2.75) is 108 Å². The second-order valence-corrected chi connectivity index (χ2v) is 11.5. The molecule has 3 unspecified atom stereocenters. The Morgan fingerprint density at radius 2 is 1.60 bits per heavy atom. The number of carbonyl (C=O) groups excluding carboxylic acids is 1. The minimum Gasteiger partial charge on any atom is -0.466 e. The van der Waals surface area contributed by atoms with Crippen LogP contribution in [0.4, 0.5) is 0 Å². The quantitative estimate of drug-likeness (QED) is 0.565. The second-order valence-electron chi connectivity index (χ2n) is 11.5. The summed E-state index contributed by atoms with van der Waals surface area (Å²) in [5.41, 5.74) is 1.88. The summed E-state index contributed by atoms with van der Waals surface area (Å²) >= 11 is 0. The smallest absolute Gasteiger partial charge is 0.312 e. The molecule has 4 bridgehead atoms. The Bertz CT molecular complexity index is 1120. The zero-order chi connectivity index (χ0) is 23.9. The highest BCUT2D eigenvalue weighted by molar-refractivity contribution is 5.77. The van der Waals surface area contributed by atoms with Crippen LogP contribution < -0.4 is 5.56 Å². The summed E-state index contributed by atoms with van der Waals surface area (Å²) in [6.45, 7) is 2.10. The summed E-state index contributed by atoms with van der Waals surface area (Å²) in [6, 6.07) is 9.93. The second kappa shape index (κ2) is 9.68. The first kappa shape index (κ1) is 23.2. The van der Waals surface area contributed by atoms with E-state index in [0.717, 1.165) is 41.8 Å². The molecule has 0 amide bonds. The molecule has 2 saturated heterocycles. The predicted molar refractivity (Wildman–Crippen MR) is 136 cm³/mol. The molecule has 3 heterocycles. The number of esters is 1. The number of benzene rings is 1. The standard InChI is InChI=1S/C29H39N3O3/c1-2-35-28(33)18-26-29(34)32(27-10-6-5-9-25(27)30-26)24-16-21-11-12-22(17-24)31(21)23-14-19-7-3-4-8-20(13-19)15-23/h5-6,9-10,19-24H,2-4,7-8,11-18H2,1H3/t19?,20?,21-,22+,23?,24?. The molecule has 6 heteroatoms. The summed E-state index contributed by atoms with van der Waals surface area (Å²) in [5, 5.41) is 0. The summed E-state index contributed by atoms with van der Waals surface area (Å²) in [7, 11) is 0. The Kier molecular flexibility index (Phi) is 6.42. The molecule has 188 valence electrons. The number of hydrogen-bond donors (Lipinski definition) is 0. The zero-order valence-corrected chi connectivity index (χ0v) is 21.0. The molecule has 2 saturated carbocycles. The maximum Gasteiger partial charge on any atom is 0.312 e. The maximum atomic E-state index is 13.7. The van der Waals surface area contributed by atoms with Crippen molar-refractivity contribution >= 4 is 17.0 Å². The molecule has 6 nitrogen and oxygen atoms in total. The predicted octanol–water partition coefficient (Wildman–Crippen LogP) is 5.03. The van der Waals surface area contributed by atoms with E-state index >= 15 is 0 Å². The van der Waals surface area contributed by atoms with E-state index in [1.807, 2.05) is 28.8 Å². The van der Waals surface area contributed by atoms with Crippen molar-refractivity contribution in [1.29, 1.82) is 0 Å². The fraction of sp³-hybridized carbons (Fsp3) is 0.690. The number of aromatic nitrogens is 2. The molecule has 0 N–H and O–H groups in total. The minimum absolute atomic E-state index is 0.0614. The van der Waals surface area contributed by atoms with Gasteiger partial charge >= 0.3 is 5.97 Å². The molecule has 4 aliphatic rings. The lowest BCUT2D eigenvalue weighted by molar-refractivity contribution is -0.142. The first-order valence-corrected chi connectivity index (χ1v) is 14.0. The van der Waals surface area contributed by atoms with Crippen LogP contribution in [-0.2, 0) is 16.0 Å². The highest BCUT2D eigenvalue weighted by atomic mass is 16.5. The lowest BCUT2D eigenvalue weighted by Gasteiger charge is -2.48. The molecule has 6 rings (SSSR count). The topological polar surface area (TPSA) is 64.4 Å². The molecule has 1 aromatic heterocycles. The molecule has 0 radical (unpaired) electrons. The average Bonchev–Trinajstić information content (AvgIpc) is 3.00. The average molecular weight is 478 g/mol. The Morgan fingerprint density at radius 3 is 2.29 bits per heavy atom. The van der Waals surface area contributed by atoms with E-state index < -0.39 is 0 Å². The molecule has 2 aromatic rings. The third-order valence-corrected chi connectivity index (χ3v) is 9.38. The monoisotopic (exact) mass is 477 g/mol. The van der Waals surface area contributed by atoms with Gasteiger partial charge in [0.15, 0.2) is 0 Å². The highest BCUT2D eigenvalue weighted by Gasteiger charge is 2.46. The van der Waals surface area contributed by atoms with E-state index in [9.17, 15) is 9.59 Å². The number of rotatable bonds is 5. The molecule has 1 aromatic carbocycles. The van der Waals surface area contributed by atoms with Crippen LogP contribution in [0.2, 0.25) is 0 Å². The van der Waals surface area contributed by atoms with Crippen molar-refractivity contribution in [3.63, 3.8) is 0 Å². The number of carbonyl (C=O) groups is 1. The highest BCUT2D eigenvalue weighted by Crippen LogP contribution is 2.47. The van der Waals surface area contributed by atoms with E-state index in [2.05, 4.69) is 9.88 Å². The summed E-state index contributed by atoms with van der Waals surface area (Å²) in [4.78, 5) is 33.4. The molecule has 5 atom stereocenters. The van der Waals surface area contributed by atoms with Gasteiger partial charge in [0.05, 0.1) is 24.1 Å². The SMILES string of the molecule is CCOC(=O)Cc1nc2ccccc2n(C2C[C@H]3CC[C@@H](C2)N3C2CC3CCCCC(C3)C2)c1=O. The van der Waals surface area contributed by atoms with Crippen molar-refractivity contribution in [3.8, 4) is 0 Å². The van der Waals surface area contributed by atoms with Gasteiger partial charge in [-0.3, -0.25) is 14.5 Å². The van der Waals surface area contributed by atoms with Gasteiger partial charge in [0, 0.05) is 24.2 Å². The number of ether oxygens (including phenoxy) is 1. The number of fused-ring (bicyclic) bond motifs is 5. The van der Waals surface area contributed by atoms with Gasteiger partial charge in [0.25, 0.3) is 5.56 Å². The number of para-hydroxylation sites is 2.